The summed E-state index contributed by atoms with van der Waals surface area (Å²) in [6.45, 7) is 11.9. The lowest BCUT2D eigenvalue weighted by Crippen LogP contribution is -2.19. The number of ketones is 1. The first-order valence-electron chi connectivity index (χ1n) is 4.51. The predicted octanol–water partition coefficient (Wildman–Crippen LogP) is 3.46. The quantitative estimate of drug-likeness (QED) is 0.506. The first kappa shape index (κ1) is 12.8. The molecule has 0 unspecified atom stereocenters. The number of hydrogen-bond donors (Lipinski definition) is 1. The van der Waals surface area contributed by atoms with Crippen LogP contribution in [0.3, 0.4) is 0 Å². The molecule has 0 aliphatic heterocycles. The van der Waals surface area contributed by atoms with Gasteiger partial charge in [0.05, 0.1) is 0 Å². The second kappa shape index (κ2) is 3.87. The van der Waals surface area contributed by atoms with Crippen molar-refractivity contribution in [2.45, 2.75) is 41.5 Å². The summed E-state index contributed by atoms with van der Waals surface area (Å²) in [6.07, 6.45) is 1.64. The molecule has 0 saturated carbocycles. The Morgan fingerprint density at radius 1 is 1.00 bits per heavy atom. The van der Waals surface area contributed by atoms with Crippen LogP contribution < -0.4 is 0 Å². The van der Waals surface area contributed by atoms with Crippen LogP contribution in [0.25, 0.3) is 0 Å². The van der Waals surface area contributed by atoms with E-state index in [1.54, 1.807) is 6.08 Å². The van der Waals surface area contributed by atoms with Gasteiger partial charge in [0.2, 0.25) is 0 Å². The van der Waals surface area contributed by atoms with E-state index < -0.39 is 0 Å². The second-order valence-electron chi connectivity index (χ2n) is 5.39. The first-order chi connectivity index (χ1) is 5.55. The summed E-state index contributed by atoms with van der Waals surface area (Å²) >= 11 is 4.32. The lowest BCUT2D eigenvalue weighted by molar-refractivity contribution is -0.121. The van der Waals surface area contributed by atoms with Crippen molar-refractivity contribution < 1.29 is 4.79 Å². The summed E-state index contributed by atoms with van der Waals surface area (Å²) in [6, 6.07) is 0. The van der Waals surface area contributed by atoms with Crippen molar-refractivity contribution in [1.82, 2.24) is 0 Å². The summed E-state index contributed by atoms with van der Waals surface area (Å²) < 4.78 is 0. The average molecular weight is 200 g/mol. The van der Waals surface area contributed by atoms with E-state index in [9.17, 15) is 4.79 Å². The Labute approximate surface area is 87.0 Å². The van der Waals surface area contributed by atoms with Gasteiger partial charge in [0.25, 0.3) is 0 Å². The van der Waals surface area contributed by atoms with Gasteiger partial charge in [-0.15, -0.1) is 12.6 Å². The maximum Gasteiger partial charge on any atom is 0.161 e. The SMILES string of the molecule is CC(C)(C)C(=O)/C=C(\S)C(C)(C)C. The van der Waals surface area contributed by atoms with Gasteiger partial charge in [0.15, 0.2) is 5.78 Å². The molecule has 13 heavy (non-hydrogen) atoms. The van der Waals surface area contributed by atoms with Crippen LogP contribution >= 0.6 is 12.6 Å². The standard InChI is InChI=1S/C11H20OS/c1-10(2,3)8(12)7-9(13)11(4,5)6/h7,13H,1-6H3/b9-7-. The number of carbonyl (C=O) groups excluding carboxylic acids is 1. The number of carbonyl (C=O) groups is 1. The molecule has 0 bridgehead atoms. The highest BCUT2D eigenvalue weighted by Crippen LogP contribution is 2.29. The van der Waals surface area contributed by atoms with Gasteiger partial charge in [-0.05, 0) is 16.4 Å². The van der Waals surface area contributed by atoms with E-state index >= 15 is 0 Å². The van der Waals surface area contributed by atoms with Gasteiger partial charge < -0.3 is 0 Å². The molecule has 0 rings (SSSR count). The predicted molar refractivity (Wildman–Crippen MR) is 61.0 cm³/mol. The molecule has 76 valence electrons. The molecule has 0 amide bonds. The third-order valence-corrected chi connectivity index (χ3v) is 2.58. The molecule has 0 aliphatic carbocycles. The minimum absolute atomic E-state index is 0.0377. The maximum atomic E-state index is 11.6. The molecule has 0 fully saturated rings. The molecular weight excluding hydrogens is 180 g/mol. The Balaban J connectivity index is 4.70. The molecule has 0 aliphatic rings. The lowest BCUT2D eigenvalue weighted by Gasteiger charge is -2.20. The van der Waals surface area contributed by atoms with Crippen LogP contribution in [0.15, 0.2) is 11.0 Å². The van der Waals surface area contributed by atoms with Gasteiger partial charge in [-0.2, -0.15) is 0 Å². The highest BCUT2D eigenvalue weighted by atomic mass is 32.1. The van der Waals surface area contributed by atoms with Crippen molar-refractivity contribution in [2.24, 2.45) is 10.8 Å². The minimum Gasteiger partial charge on any atom is -0.294 e. The highest BCUT2D eigenvalue weighted by molar-refractivity contribution is 7.84. The van der Waals surface area contributed by atoms with Crippen LogP contribution in [0.1, 0.15) is 41.5 Å². The van der Waals surface area contributed by atoms with Crippen molar-refractivity contribution in [3.05, 3.63) is 11.0 Å². The van der Waals surface area contributed by atoms with Crippen molar-refractivity contribution >= 4 is 18.4 Å². The fraction of sp³-hybridized carbons (Fsp3) is 0.727. The first-order valence-corrected chi connectivity index (χ1v) is 4.95. The number of rotatable bonds is 1. The van der Waals surface area contributed by atoms with Crippen LogP contribution in [-0.2, 0) is 4.79 Å². The third kappa shape index (κ3) is 4.51. The lowest BCUT2D eigenvalue weighted by atomic mass is 9.88. The number of allylic oxidation sites excluding steroid dienone is 2. The zero-order valence-electron chi connectivity index (χ0n) is 9.43. The fourth-order valence-corrected chi connectivity index (χ4v) is 0.674. The van der Waals surface area contributed by atoms with E-state index in [0.717, 1.165) is 4.91 Å². The number of thiol groups is 1. The van der Waals surface area contributed by atoms with Crippen molar-refractivity contribution in [3.8, 4) is 0 Å². The van der Waals surface area contributed by atoms with Crippen LogP contribution in [0.2, 0.25) is 0 Å². The average Bonchev–Trinajstić information content (AvgIpc) is 1.82. The Hall–Kier alpha value is -0.240. The summed E-state index contributed by atoms with van der Waals surface area (Å²) in [7, 11) is 0. The molecule has 0 N–H and O–H groups in total. The van der Waals surface area contributed by atoms with Crippen LogP contribution in [0.5, 0.6) is 0 Å². The van der Waals surface area contributed by atoms with E-state index in [1.807, 2.05) is 41.5 Å². The molecule has 0 heterocycles. The summed E-state index contributed by atoms with van der Waals surface area (Å²) in [5.41, 5.74) is -0.344. The van der Waals surface area contributed by atoms with Gasteiger partial charge in [-0.3, -0.25) is 4.79 Å². The summed E-state index contributed by atoms with van der Waals surface area (Å²) in [5.74, 6) is 0.132. The third-order valence-electron chi connectivity index (χ3n) is 1.78. The zero-order chi connectivity index (χ0) is 10.9. The van der Waals surface area contributed by atoms with Gasteiger partial charge in [0, 0.05) is 5.41 Å². The Morgan fingerprint density at radius 3 is 1.62 bits per heavy atom. The molecule has 0 atom stereocenters. The van der Waals surface area contributed by atoms with Crippen molar-refractivity contribution in [2.75, 3.05) is 0 Å². The molecule has 0 aromatic rings. The monoisotopic (exact) mass is 200 g/mol. The number of hydrogen-bond acceptors (Lipinski definition) is 2. The fourth-order valence-electron chi connectivity index (χ4n) is 0.557. The van der Waals surface area contributed by atoms with Crippen molar-refractivity contribution in [3.63, 3.8) is 0 Å². The second-order valence-corrected chi connectivity index (χ2v) is 5.88. The molecule has 0 aromatic carbocycles. The van der Waals surface area contributed by atoms with Crippen LogP contribution in [0.4, 0.5) is 0 Å². The Morgan fingerprint density at radius 2 is 1.38 bits per heavy atom. The smallest absolute Gasteiger partial charge is 0.161 e. The summed E-state index contributed by atoms with van der Waals surface area (Å²) in [5, 5.41) is 0. The highest BCUT2D eigenvalue weighted by Gasteiger charge is 2.22. The van der Waals surface area contributed by atoms with Gasteiger partial charge in [0.1, 0.15) is 0 Å². The Kier molecular flexibility index (Phi) is 3.80. The maximum absolute atomic E-state index is 11.6. The molecule has 0 saturated heterocycles. The largest absolute Gasteiger partial charge is 0.294 e. The zero-order valence-corrected chi connectivity index (χ0v) is 10.3. The molecule has 1 nitrogen and oxygen atoms in total. The van der Waals surface area contributed by atoms with Crippen LogP contribution in [0, 0.1) is 10.8 Å². The molecule has 2 heteroatoms. The normalized spacial score (nSPS) is 14.5. The molecule has 0 aromatic heterocycles. The molecule has 0 spiro atoms. The van der Waals surface area contributed by atoms with E-state index in [4.69, 9.17) is 0 Å². The minimum atomic E-state index is -0.306. The van der Waals surface area contributed by atoms with Crippen molar-refractivity contribution in [1.29, 1.82) is 0 Å². The van der Waals surface area contributed by atoms with E-state index in [0.29, 0.717) is 0 Å². The van der Waals surface area contributed by atoms with Crippen LogP contribution in [-0.4, -0.2) is 5.78 Å². The van der Waals surface area contributed by atoms with E-state index in [-0.39, 0.29) is 16.6 Å². The molecular formula is C11H20OS. The topological polar surface area (TPSA) is 17.1 Å². The van der Waals surface area contributed by atoms with E-state index in [1.165, 1.54) is 0 Å². The van der Waals surface area contributed by atoms with Gasteiger partial charge >= 0.3 is 0 Å². The van der Waals surface area contributed by atoms with Gasteiger partial charge in [-0.1, -0.05) is 41.5 Å². The Bertz CT molecular complexity index is 225. The molecule has 0 radical (unpaired) electrons. The van der Waals surface area contributed by atoms with Gasteiger partial charge in [-0.25, -0.2) is 0 Å². The van der Waals surface area contributed by atoms with E-state index in [2.05, 4.69) is 12.6 Å². The summed E-state index contributed by atoms with van der Waals surface area (Å²) in [4.78, 5) is 12.4.